The zero-order valence-corrected chi connectivity index (χ0v) is 31.2. The molecular formula is C42H56N2O7S. The van der Waals surface area contributed by atoms with Gasteiger partial charge in [-0.25, -0.2) is 0 Å². The first kappa shape index (κ1) is 38.6. The van der Waals surface area contributed by atoms with Crippen LogP contribution in [0.1, 0.15) is 81.3 Å². The summed E-state index contributed by atoms with van der Waals surface area (Å²) < 4.78 is 26.4. The van der Waals surface area contributed by atoms with E-state index in [2.05, 4.69) is 42.4 Å². The van der Waals surface area contributed by atoms with Crippen LogP contribution in [0.5, 0.6) is 11.5 Å². The Balaban J connectivity index is 1.49. The Morgan fingerprint density at radius 3 is 2.56 bits per heavy atom. The molecule has 7 atom stereocenters. The van der Waals surface area contributed by atoms with Crippen molar-refractivity contribution in [2.24, 2.45) is 22.9 Å². The first-order valence-electron chi connectivity index (χ1n) is 19.2. The summed E-state index contributed by atoms with van der Waals surface area (Å²) in [4.78, 5) is 10.4. The monoisotopic (exact) mass is 732 g/mol. The van der Waals surface area contributed by atoms with Crippen molar-refractivity contribution in [2.75, 3.05) is 38.8 Å². The Kier molecular flexibility index (Phi) is 14.3. The Labute approximate surface area is 313 Å². The third-order valence-electron chi connectivity index (χ3n) is 10.9. The fourth-order valence-electron chi connectivity index (χ4n) is 8.51. The van der Waals surface area contributed by atoms with E-state index in [1.165, 1.54) is 5.56 Å². The van der Waals surface area contributed by atoms with Crippen LogP contribution < -0.4 is 9.47 Å². The van der Waals surface area contributed by atoms with Gasteiger partial charge in [0.05, 0.1) is 30.1 Å². The van der Waals surface area contributed by atoms with Gasteiger partial charge in [-0.3, -0.25) is 4.98 Å². The molecule has 9 nitrogen and oxygen atoms in total. The highest BCUT2D eigenvalue weighted by Crippen LogP contribution is 2.62. The van der Waals surface area contributed by atoms with Gasteiger partial charge in [0.2, 0.25) is 12.1 Å². The molecule has 0 amide bonds. The average molecular weight is 733 g/mol. The molecule has 3 heterocycles. The summed E-state index contributed by atoms with van der Waals surface area (Å²) in [6.45, 7) is 9.65. The number of benzene rings is 1. The zero-order valence-electron chi connectivity index (χ0n) is 30.4. The van der Waals surface area contributed by atoms with Gasteiger partial charge >= 0.3 is 0 Å². The molecule has 4 aliphatic rings. The number of pyridine rings is 1. The maximum atomic E-state index is 9.85. The van der Waals surface area contributed by atoms with Crippen molar-refractivity contribution < 1.29 is 34.0 Å². The van der Waals surface area contributed by atoms with E-state index in [1.807, 2.05) is 42.4 Å². The van der Waals surface area contributed by atoms with Gasteiger partial charge in [0, 0.05) is 49.9 Å². The number of hydrogen-bond donors (Lipinski definition) is 2. The van der Waals surface area contributed by atoms with Crippen LogP contribution in [0.25, 0.3) is 0 Å². The number of oxime groups is 1. The third kappa shape index (κ3) is 8.96. The SMILES string of the molecule is C=CCOc1ccc2c(c1)C1C(CCCCO)C(CCCCO)C=C3C(=NOC4CCCCO4)CC(SCCc4ccncc4)C(OCC=C)(O2)C31. The molecule has 1 aromatic carbocycles. The number of aromatic nitrogens is 1. The molecule has 2 aliphatic heterocycles. The lowest BCUT2D eigenvalue weighted by Crippen LogP contribution is -2.64. The molecule has 10 heteroatoms. The Hall–Kier alpha value is -3.15. The molecule has 1 saturated carbocycles. The minimum Gasteiger partial charge on any atom is -0.490 e. The molecule has 2 fully saturated rings. The molecule has 0 spiro atoms. The first-order valence-corrected chi connectivity index (χ1v) is 20.3. The number of aliphatic hydroxyl groups is 2. The maximum absolute atomic E-state index is 9.85. The number of thioether (sulfide) groups is 1. The standard InChI is InChI=1S/C42H56N2O7S/c1-3-23-47-32-14-15-37-35(28-32)40-33(12-6-9-22-46)31(11-5-8-21-45)27-34-36(44-51-39-13-7-10-25-48-39)29-38(42(50-37,41(34)40)49-24-4-2)52-26-18-30-16-19-43-20-17-30/h3-4,14-17,19-20,27-28,31,33,38-41,45-46H,1-2,5-13,18,21-26,29H2. The van der Waals surface area contributed by atoms with E-state index in [4.69, 9.17) is 28.9 Å². The summed E-state index contributed by atoms with van der Waals surface area (Å²) >= 11 is 1.86. The van der Waals surface area contributed by atoms with Gasteiger partial charge in [-0.15, -0.1) is 6.58 Å². The normalized spacial score (nSPS) is 28.6. The predicted molar refractivity (Wildman–Crippen MR) is 206 cm³/mol. The van der Waals surface area contributed by atoms with Gasteiger partial charge in [0.15, 0.2) is 0 Å². The molecule has 1 saturated heterocycles. The van der Waals surface area contributed by atoms with E-state index < -0.39 is 5.79 Å². The van der Waals surface area contributed by atoms with Crippen LogP contribution in [-0.2, 0) is 20.7 Å². The number of hydrogen-bond acceptors (Lipinski definition) is 10. The van der Waals surface area contributed by atoms with Crippen molar-refractivity contribution in [2.45, 2.75) is 93.9 Å². The second kappa shape index (κ2) is 19.3. The zero-order chi connectivity index (χ0) is 36.2. The highest BCUT2D eigenvalue weighted by Gasteiger charge is 2.64. The van der Waals surface area contributed by atoms with Crippen molar-refractivity contribution >= 4 is 17.5 Å². The number of aryl methyl sites for hydroxylation is 1. The summed E-state index contributed by atoms with van der Waals surface area (Å²) in [5.41, 5.74) is 4.38. The maximum Gasteiger partial charge on any atom is 0.230 e. The Morgan fingerprint density at radius 1 is 1.00 bits per heavy atom. The smallest absolute Gasteiger partial charge is 0.230 e. The summed E-state index contributed by atoms with van der Waals surface area (Å²) in [5.74, 6) is 1.71. The van der Waals surface area contributed by atoms with Gasteiger partial charge in [-0.2, -0.15) is 11.8 Å². The van der Waals surface area contributed by atoms with E-state index in [-0.39, 0.29) is 48.4 Å². The van der Waals surface area contributed by atoms with Gasteiger partial charge < -0.3 is 34.0 Å². The number of fused-ring (bicyclic) bond motifs is 2. The summed E-state index contributed by atoms with van der Waals surface area (Å²) in [7, 11) is 0. The summed E-state index contributed by atoms with van der Waals surface area (Å²) in [5, 5.41) is 24.5. The second-order valence-corrected chi connectivity index (χ2v) is 15.5. The number of ether oxygens (including phenoxy) is 4. The van der Waals surface area contributed by atoms with Gasteiger partial charge in [0.25, 0.3) is 0 Å². The van der Waals surface area contributed by atoms with Gasteiger partial charge in [-0.1, -0.05) is 42.8 Å². The number of allylic oxidation sites excluding steroid dienone is 1. The molecule has 2 aliphatic carbocycles. The van der Waals surface area contributed by atoms with Crippen LogP contribution >= 0.6 is 11.8 Å². The lowest BCUT2D eigenvalue weighted by atomic mass is 9.56. The Morgan fingerprint density at radius 2 is 1.81 bits per heavy atom. The third-order valence-corrected chi connectivity index (χ3v) is 12.2. The second-order valence-electron chi connectivity index (χ2n) is 14.2. The van der Waals surface area contributed by atoms with Crippen molar-refractivity contribution in [3.05, 3.63) is 90.8 Å². The van der Waals surface area contributed by atoms with E-state index >= 15 is 0 Å². The number of aliphatic hydroxyl groups excluding tert-OH is 2. The highest BCUT2D eigenvalue weighted by molar-refractivity contribution is 8.00. The van der Waals surface area contributed by atoms with Crippen LogP contribution in [0.2, 0.25) is 0 Å². The average Bonchev–Trinajstić information content (AvgIpc) is 3.18. The fourth-order valence-corrected chi connectivity index (χ4v) is 9.91. The fraction of sp³-hybridized carbons (Fsp3) is 0.571. The van der Waals surface area contributed by atoms with Crippen molar-refractivity contribution in [1.29, 1.82) is 0 Å². The van der Waals surface area contributed by atoms with Crippen LogP contribution in [-0.4, -0.2) is 77.0 Å². The minimum absolute atomic E-state index is 0.0124. The lowest BCUT2D eigenvalue weighted by Gasteiger charge is -2.58. The van der Waals surface area contributed by atoms with Crippen LogP contribution in [0.15, 0.2) is 84.8 Å². The van der Waals surface area contributed by atoms with Crippen molar-refractivity contribution in [1.82, 2.24) is 4.98 Å². The summed E-state index contributed by atoms with van der Waals surface area (Å²) in [6, 6.07) is 10.3. The Bertz CT molecular complexity index is 1510. The van der Waals surface area contributed by atoms with Gasteiger partial charge in [-0.05, 0) is 104 Å². The molecule has 1 aromatic heterocycles. The first-order chi connectivity index (χ1) is 25.6. The summed E-state index contributed by atoms with van der Waals surface area (Å²) in [6.07, 6.45) is 18.9. The molecule has 6 rings (SSSR count). The molecule has 52 heavy (non-hydrogen) atoms. The molecule has 282 valence electrons. The van der Waals surface area contributed by atoms with E-state index in [1.54, 1.807) is 6.08 Å². The number of nitrogens with zero attached hydrogens (tertiary/aromatic N) is 2. The predicted octanol–water partition coefficient (Wildman–Crippen LogP) is 7.78. The number of rotatable bonds is 20. The minimum atomic E-state index is -1.00. The number of unbranched alkanes of at least 4 members (excludes halogenated alkanes) is 2. The molecular weight excluding hydrogens is 677 g/mol. The van der Waals surface area contributed by atoms with Crippen LogP contribution in [0.4, 0.5) is 0 Å². The van der Waals surface area contributed by atoms with E-state index in [0.29, 0.717) is 26.2 Å². The molecule has 7 unspecified atom stereocenters. The van der Waals surface area contributed by atoms with Crippen LogP contribution in [0, 0.1) is 17.8 Å². The quantitative estimate of drug-likeness (QED) is 0.0801. The molecule has 0 bridgehead atoms. The van der Waals surface area contributed by atoms with Crippen molar-refractivity contribution in [3.63, 3.8) is 0 Å². The van der Waals surface area contributed by atoms with E-state index in [9.17, 15) is 10.2 Å². The molecule has 2 aromatic rings. The topological polar surface area (TPSA) is 112 Å². The van der Waals surface area contributed by atoms with Crippen LogP contribution in [0.3, 0.4) is 0 Å². The molecule has 2 N–H and O–H groups in total. The van der Waals surface area contributed by atoms with Gasteiger partial charge in [0.1, 0.15) is 18.1 Å². The van der Waals surface area contributed by atoms with E-state index in [0.717, 1.165) is 98.3 Å². The van der Waals surface area contributed by atoms with Crippen molar-refractivity contribution in [3.8, 4) is 11.5 Å². The largest absolute Gasteiger partial charge is 0.490 e. The molecule has 0 radical (unpaired) electrons. The lowest BCUT2D eigenvalue weighted by molar-refractivity contribution is -0.223. The highest BCUT2D eigenvalue weighted by atomic mass is 32.2.